The summed E-state index contributed by atoms with van der Waals surface area (Å²) in [4.78, 5) is 22.2. The Bertz CT molecular complexity index is 722. The van der Waals surface area contributed by atoms with Gasteiger partial charge in [0.2, 0.25) is 10.0 Å². The van der Waals surface area contributed by atoms with E-state index in [-0.39, 0.29) is 22.6 Å². The van der Waals surface area contributed by atoms with Crippen LogP contribution in [0.5, 0.6) is 0 Å². The molecule has 1 aromatic rings. The number of aryl methyl sites for hydroxylation is 1. The summed E-state index contributed by atoms with van der Waals surface area (Å²) in [5.74, 6) is -1.64. The Morgan fingerprint density at radius 3 is 2.45 bits per heavy atom. The number of carboxylic acid groups (broad SMARTS) is 2. The quantitative estimate of drug-likeness (QED) is 0.726. The summed E-state index contributed by atoms with van der Waals surface area (Å²) >= 11 is 1.37. The number of benzene rings is 1. The third-order valence-electron chi connectivity index (χ3n) is 3.50. The van der Waals surface area contributed by atoms with E-state index in [1.165, 1.54) is 30.8 Å². The number of carbonyl (C=O) groups is 2. The standard InChI is InChI=1S/C13H15NO6S2/c1-8-6-9(2-3-10(8)11(15)16)22(19,20)14-13(12(17)18)4-5-21-7-13/h2-3,6,14H,4-5,7H2,1H3,(H,15,16)(H,17,18). The fourth-order valence-corrected chi connectivity index (χ4v) is 5.11. The summed E-state index contributed by atoms with van der Waals surface area (Å²) < 4.78 is 27.1. The third kappa shape index (κ3) is 3.11. The molecule has 1 aliphatic heterocycles. The van der Waals surface area contributed by atoms with Crippen LogP contribution < -0.4 is 4.72 Å². The first kappa shape index (κ1) is 16.8. The minimum absolute atomic E-state index is 0.00307. The molecule has 0 saturated carbocycles. The van der Waals surface area contributed by atoms with Crippen LogP contribution in [0.1, 0.15) is 22.3 Å². The normalized spacial score (nSPS) is 21.7. The molecule has 1 aromatic carbocycles. The highest BCUT2D eigenvalue weighted by molar-refractivity contribution is 7.99. The Morgan fingerprint density at radius 1 is 1.32 bits per heavy atom. The number of sulfonamides is 1. The van der Waals surface area contributed by atoms with Crippen LogP contribution in [0.15, 0.2) is 23.1 Å². The number of hydrogen-bond donors (Lipinski definition) is 3. The van der Waals surface area contributed by atoms with E-state index >= 15 is 0 Å². The summed E-state index contributed by atoms with van der Waals surface area (Å²) in [5.41, 5.74) is -1.22. The molecule has 7 nitrogen and oxygen atoms in total. The van der Waals surface area contributed by atoms with Crippen LogP contribution in [0.4, 0.5) is 0 Å². The molecule has 1 atom stereocenters. The first-order valence-electron chi connectivity index (χ1n) is 6.37. The van der Waals surface area contributed by atoms with E-state index in [4.69, 9.17) is 5.11 Å². The zero-order chi connectivity index (χ0) is 16.5. The fourth-order valence-electron chi connectivity index (χ4n) is 2.22. The summed E-state index contributed by atoms with van der Waals surface area (Å²) in [5, 5.41) is 18.3. The van der Waals surface area contributed by atoms with Gasteiger partial charge < -0.3 is 10.2 Å². The van der Waals surface area contributed by atoms with Crippen LogP contribution >= 0.6 is 11.8 Å². The van der Waals surface area contributed by atoms with E-state index in [0.29, 0.717) is 11.3 Å². The molecule has 3 N–H and O–H groups in total. The molecule has 0 amide bonds. The lowest BCUT2D eigenvalue weighted by Gasteiger charge is -2.24. The topological polar surface area (TPSA) is 121 Å². The van der Waals surface area contributed by atoms with Crippen molar-refractivity contribution < 1.29 is 28.2 Å². The van der Waals surface area contributed by atoms with E-state index in [9.17, 15) is 23.1 Å². The van der Waals surface area contributed by atoms with Crippen LogP contribution in [0, 0.1) is 6.92 Å². The second-order valence-corrected chi connectivity index (χ2v) is 7.86. The molecule has 0 aromatic heterocycles. The van der Waals surface area contributed by atoms with Crippen molar-refractivity contribution in [1.29, 1.82) is 0 Å². The molecule has 1 unspecified atom stereocenters. The van der Waals surface area contributed by atoms with Crippen molar-refractivity contribution in [2.45, 2.75) is 23.8 Å². The van der Waals surface area contributed by atoms with Crippen LogP contribution in [0.3, 0.4) is 0 Å². The molecule has 0 radical (unpaired) electrons. The maximum atomic E-state index is 12.4. The highest BCUT2D eigenvalue weighted by atomic mass is 32.2. The Kier molecular flexibility index (Phi) is 4.50. The molecule has 1 fully saturated rings. The summed E-state index contributed by atoms with van der Waals surface area (Å²) in [6.45, 7) is 1.49. The molecule has 2 rings (SSSR count). The second kappa shape index (κ2) is 5.90. The van der Waals surface area contributed by atoms with Gasteiger partial charge in [-0.1, -0.05) is 0 Å². The van der Waals surface area contributed by atoms with Gasteiger partial charge in [-0.2, -0.15) is 16.5 Å². The van der Waals surface area contributed by atoms with Crippen LogP contribution in [0.25, 0.3) is 0 Å². The number of hydrogen-bond acceptors (Lipinski definition) is 5. The lowest BCUT2D eigenvalue weighted by molar-refractivity contribution is -0.142. The fraction of sp³-hybridized carbons (Fsp3) is 0.385. The number of aromatic carboxylic acids is 1. The van der Waals surface area contributed by atoms with Crippen LogP contribution in [-0.2, 0) is 14.8 Å². The first-order chi connectivity index (χ1) is 10.2. The van der Waals surface area contributed by atoms with Crippen molar-refractivity contribution in [1.82, 2.24) is 4.72 Å². The van der Waals surface area contributed by atoms with Crippen LogP contribution in [-0.4, -0.2) is 47.6 Å². The van der Waals surface area contributed by atoms with Gasteiger partial charge in [0.15, 0.2) is 0 Å². The Balaban J connectivity index is 2.37. The molecule has 22 heavy (non-hydrogen) atoms. The minimum Gasteiger partial charge on any atom is -0.480 e. The summed E-state index contributed by atoms with van der Waals surface area (Å²) in [7, 11) is -4.05. The minimum atomic E-state index is -4.05. The van der Waals surface area contributed by atoms with Crippen molar-refractivity contribution in [2.24, 2.45) is 0 Å². The first-order valence-corrected chi connectivity index (χ1v) is 9.01. The molecule has 1 heterocycles. The van der Waals surface area contributed by atoms with E-state index < -0.39 is 27.5 Å². The third-order valence-corrected chi connectivity index (χ3v) is 6.22. The Labute approximate surface area is 131 Å². The van der Waals surface area contributed by atoms with Crippen molar-refractivity contribution in [3.05, 3.63) is 29.3 Å². The molecule has 120 valence electrons. The number of aliphatic carboxylic acids is 1. The van der Waals surface area contributed by atoms with Crippen molar-refractivity contribution in [2.75, 3.05) is 11.5 Å². The molecule has 0 spiro atoms. The number of nitrogens with one attached hydrogen (secondary N) is 1. The molecule has 1 saturated heterocycles. The summed E-state index contributed by atoms with van der Waals surface area (Å²) in [6.07, 6.45) is 0.207. The molecular formula is C13H15NO6S2. The predicted octanol–water partition coefficient (Wildman–Crippen LogP) is 0.932. The van der Waals surface area contributed by atoms with Gasteiger partial charge in [-0.05, 0) is 42.9 Å². The zero-order valence-electron chi connectivity index (χ0n) is 11.7. The molecule has 0 aliphatic carbocycles. The Hall–Kier alpha value is -1.58. The monoisotopic (exact) mass is 345 g/mol. The maximum absolute atomic E-state index is 12.4. The van der Waals surface area contributed by atoms with Crippen molar-refractivity contribution in [3.63, 3.8) is 0 Å². The van der Waals surface area contributed by atoms with Gasteiger partial charge in [-0.25, -0.2) is 13.2 Å². The average Bonchev–Trinajstić information content (AvgIpc) is 2.87. The van der Waals surface area contributed by atoms with E-state index in [0.717, 1.165) is 6.07 Å². The SMILES string of the molecule is Cc1cc(S(=O)(=O)NC2(C(=O)O)CCSC2)ccc1C(=O)O. The van der Waals surface area contributed by atoms with Gasteiger partial charge in [-0.15, -0.1) is 0 Å². The smallest absolute Gasteiger partial charge is 0.335 e. The van der Waals surface area contributed by atoms with Gasteiger partial charge in [-0.3, -0.25) is 4.79 Å². The number of carboxylic acids is 2. The highest BCUT2D eigenvalue weighted by Crippen LogP contribution is 2.30. The zero-order valence-corrected chi connectivity index (χ0v) is 13.3. The van der Waals surface area contributed by atoms with Crippen molar-refractivity contribution >= 4 is 33.7 Å². The van der Waals surface area contributed by atoms with E-state index in [1.807, 2.05) is 0 Å². The van der Waals surface area contributed by atoms with Crippen molar-refractivity contribution in [3.8, 4) is 0 Å². The summed E-state index contributed by atoms with van der Waals surface area (Å²) in [6, 6.07) is 3.59. The second-order valence-electron chi connectivity index (χ2n) is 5.08. The molecule has 1 aliphatic rings. The van der Waals surface area contributed by atoms with Gasteiger partial charge in [0.1, 0.15) is 5.54 Å². The van der Waals surface area contributed by atoms with Gasteiger partial charge in [0.05, 0.1) is 10.5 Å². The highest BCUT2D eigenvalue weighted by Gasteiger charge is 2.45. The van der Waals surface area contributed by atoms with E-state index in [2.05, 4.69) is 4.72 Å². The average molecular weight is 345 g/mol. The molecule has 9 heteroatoms. The number of rotatable bonds is 5. The maximum Gasteiger partial charge on any atom is 0.335 e. The molecular weight excluding hydrogens is 330 g/mol. The largest absolute Gasteiger partial charge is 0.480 e. The number of thioether (sulfide) groups is 1. The lowest BCUT2D eigenvalue weighted by atomic mass is 10.0. The van der Waals surface area contributed by atoms with E-state index in [1.54, 1.807) is 0 Å². The van der Waals surface area contributed by atoms with Gasteiger partial charge >= 0.3 is 11.9 Å². The van der Waals surface area contributed by atoms with Gasteiger partial charge in [0.25, 0.3) is 0 Å². The lowest BCUT2D eigenvalue weighted by Crippen LogP contribution is -2.54. The molecule has 0 bridgehead atoms. The predicted molar refractivity (Wildman–Crippen MR) is 80.8 cm³/mol. The van der Waals surface area contributed by atoms with Crippen LogP contribution in [0.2, 0.25) is 0 Å². The Morgan fingerprint density at radius 2 is 2.00 bits per heavy atom. The van der Waals surface area contributed by atoms with Gasteiger partial charge in [0, 0.05) is 5.75 Å².